The molecule has 2 aliphatic rings. The van der Waals surface area contributed by atoms with Gasteiger partial charge in [-0.1, -0.05) is 30.2 Å². The van der Waals surface area contributed by atoms with E-state index in [1.54, 1.807) is 0 Å². The minimum Gasteiger partial charge on any atom is -0.466 e. The summed E-state index contributed by atoms with van der Waals surface area (Å²) in [5.41, 5.74) is 0.612. The van der Waals surface area contributed by atoms with Crippen molar-refractivity contribution in [1.29, 1.82) is 0 Å². The van der Waals surface area contributed by atoms with Gasteiger partial charge < -0.3 is 9.64 Å². The summed E-state index contributed by atoms with van der Waals surface area (Å²) in [6, 6.07) is 7.68. The van der Waals surface area contributed by atoms with Gasteiger partial charge in [0.05, 0.1) is 17.9 Å². The molecule has 0 atom stereocenters. The highest BCUT2D eigenvalue weighted by molar-refractivity contribution is 6.30. The number of esters is 1. The number of likely N-dealkylation sites (tertiary alicyclic amines) is 1. The molecule has 1 saturated carbocycles. The Morgan fingerprint density at radius 2 is 2.00 bits per heavy atom. The van der Waals surface area contributed by atoms with Gasteiger partial charge in [0.2, 0.25) is 5.91 Å². The maximum Gasteiger partial charge on any atom is 0.309 e. The molecular weight excluding hydrogens is 326 g/mol. The molecule has 1 aromatic carbocycles. The zero-order valence-electron chi connectivity index (χ0n) is 14.1. The smallest absolute Gasteiger partial charge is 0.309 e. The average molecular weight is 350 g/mol. The van der Waals surface area contributed by atoms with E-state index >= 15 is 0 Å². The molecule has 1 aromatic rings. The fourth-order valence-corrected chi connectivity index (χ4v) is 4.01. The van der Waals surface area contributed by atoms with Gasteiger partial charge in [-0.3, -0.25) is 9.59 Å². The van der Waals surface area contributed by atoms with Gasteiger partial charge in [0.15, 0.2) is 0 Å². The molecule has 1 aliphatic carbocycles. The van der Waals surface area contributed by atoms with Crippen LogP contribution in [0.15, 0.2) is 24.3 Å². The zero-order chi connectivity index (χ0) is 17.2. The second-order valence-electron chi connectivity index (χ2n) is 6.76. The topological polar surface area (TPSA) is 46.6 Å². The molecule has 0 radical (unpaired) electrons. The molecule has 0 spiro atoms. The highest BCUT2D eigenvalue weighted by Crippen LogP contribution is 2.46. The van der Waals surface area contributed by atoms with E-state index in [1.165, 1.54) is 0 Å². The molecule has 1 saturated heterocycles. The van der Waals surface area contributed by atoms with Crippen LogP contribution in [0.5, 0.6) is 0 Å². The standard InChI is InChI=1S/C19H24ClNO3/c1-2-24-17(22)14-7-11-21(12-8-14)18(23)19(9-4-10-19)15-5-3-6-16(20)13-15/h3,5-6,13-14H,2,4,7-12H2,1H3. The van der Waals surface area contributed by atoms with Gasteiger partial charge in [0, 0.05) is 18.1 Å². The van der Waals surface area contributed by atoms with Crippen molar-refractivity contribution in [3.63, 3.8) is 0 Å². The molecule has 2 fully saturated rings. The van der Waals surface area contributed by atoms with Crippen LogP contribution >= 0.6 is 11.6 Å². The molecule has 4 nitrogen and oxygen atoms in total. The molecule has 24 heavy (non-hydrogen) atoms. The summed E-state index contributed by atoms with van der Waals surface area (Å²) >= 11 is 6.13. The highest BCUT2D eigenvalue weighted by Gasteiger charge is 2.48. The second-order valence-corrected chi connectivity index (χ2v) is 7.20. The van der Waals surface area contributed by atoms with E-state index < -0.39 is 5.41 Å². The van der Waals surface area contributed by atoms with Crippen molar-refractivity contribution in [3.8, 4) is 0 Å². The Hall–Kier alpha value is -1.55. The Labute approximate surface area is 148 Å². The van der Waals surface area contributed by atoms with Crippen molar-refractivity contribution < 1.29 is 14.3 Å². The van der Waals surface area contributed by atoms with Gasteiger partial charge in [-0.25, -0.2) is 0 Å². The zero-order valence-corrected chi connectivity index (χ0v) is 14.8. The highest BCUT2D eigenvalue weighted by atomic mass is 35.5. The summed E-state index contributed by atoms with van der Waals surface area (Å²) in [5, 5.41) is 0.674. The van der Waals surface area contributed by atoms with Crippen LogP contribution in [-0.2, 0) is 19.7 Å². The average Bonchev–Trinajstić information content (AvgIpc) is 2.54. The molecule has 5 heteroatoms. The molecule has 3 rings (SSSR count). The van der Waals surface area contributed by atoms with Crippen LogP contribution in [0.3, 0.4) is 0 Å². The van der Waals surface area contributed by atoms with Gasteiger partial charge in [-0.05, 0) is 50.3 Å². The number of piperidine rings is 1. The largest absolute Gasteiger partial charge is 0.466 e. The van der Waals surface area contributed by atoms with Crippen molar-refractivity contribution in [2.45, 2.75) is 44.4 Å². The summed E-state index contributed by atoms with van der Waals surface area (Å²) in [6.07, 6.45) is 4.21. The van der Waals surface area contributed by atoms with E-state index in [1.807, 2.05) is 36.1 Å². The number of carbonyl (C=O) groups is 2. The van der Waals surface area contributed by atoms with Crippen LogP contribution in [-0.4, -0.2) is 36.5 Å². The molecule has 0 aromatic heterocycles. The molecule has 0 bridgehead atoms. The third-order valence-corrected chi connectivity index (χ3v) is 5.63. The lowest BCUT2D eigenvalue weighted by molar-refractivity contribution is -0.153. The number of amides is 1. The van der Waals surface area contributed by atoms with Gasteiger partial charge in [-0.15, -0.1) is 0 Å². The summed E-state index contributed by atoms with van der Waals surface area (Å²) < 4.78 is 5.10. The minimum atomic E-state index is -0.415. The van der Waals surface area contributed by atoms with E-state index in [0.717, 1.165) is 24.8 Å². The van der Waals surface area contributed by atoms with Crippen LogP contribution in [0, 0.1) is 5.92 Å². The van der Waals surface area contributed by atoms with E-state index in [0.29, 0.717) is 37.6 Å². The van der Waals surface area contributed by atoms with E-state index in [9.17, 15) is 9.59 Å². The van der Waals surface area contributed by atoms with Gasteiger partial charge in [0.25, 0.3) is 0 Å². The normalized spacial score (nSPS) is 20.3. The Morgan fingerprint density at radius 1 is 1.29 bits per heavy atom. The van der Waals surface area contributed by atoms with Gasteiger partial charge in [0.1, 0.15) is 0 Å². The molecule has 1 aliphatic heterocycles. The van der Waals surface area contributed by atoms with Crippen molar-refractivity contribution in [1.82, 2.24) is 4.90 Å². The predicted octanol–water partition coefficient (Wildman–Crippen LogP) is 3.56. The third-order valence-electron chi connectivity index (χ3n) is 5.40. The van der Waals surface area contributed by atoms with Gasteiger partial charge in [-0.2, -0.15) is 0 Å². The molecule has 0 N–H and O–H groups in total. The molecule has 130 valence electrons. The first kappa shape index (κ1) is 17.3. The third kappa shape index (κ3) is 3.16. The predicted molar refractivity (Wildman–Crippen MR) is 92.9 cm³/mol. The SMILES string of the molecule is CCOC(=O)C1CCN(C(=O)C2(c3cccc(Cl)c3)CCC2)CC1. The van der Waals surface area contributed by atoms with Crippen molar-refractivity contribution in [2.75, 3.05) is 19.7 Å². The van der Waals surface area contributed by atoms with E-state index in [-0.39, 0.29) is 17.8 Å². The van der Waals surface area contributed by atoms with Crippen molar-refractivity contribution in [3.05, 3.63) is 34.9 Å². The molecule has 0 unspecified atom stereocenters. The van der Waals surface area contributed by atoms with Crippen LogP contribution in [0.2, 0.25) is 5.02 Å². The molecule has 1 amide bonds. The second kappa shape index (κ2) is 7.14. The minimum absolute atomic E-state index is 0.0717. The summed E-state index contributed by atoms with van der Waals surface area (Å²) in [7, 11) is 0. The lowest BCUT2D eigenvalue weighted by atomic mass is 9.63. The molecule has 1 heterocycles. The summed E-state index contributed by atoms with van der Waals surface area (Å²) in [5.74, 6) is -0.00589. The summed E-state index contributed by atoms with van der Waals surface area (Å²) in [6.45, 7) is 3.49. The van der Waals surface area contributed by atoms with Crippen LogP contribution < -0.4 is 0 Å². The lowest BCUT2D eigenvalue weighted by Gasteiger charge is -2.45. The van der Waals surface area contributed by atoms with Gasteiger partial charge >= 0.3 is 5.97 Å². The van der Waals surface area contributed by atoms with Crippen molar-refractivity contribution in [2.24, 2.45) is 5.92 Å². The maximum atomic E-state index is 13.2. The van der Waals surface area contributed by atoms with E-state index in [2.05, 4.69) is 0 Å². The lowest BCUT2D eigenvalue weighted by Crippen LogP contribution is -2.53. The number of nitrogens with zero attached hydrogens (tertiary/aromatic N) is 1. The van der Waals surface area contributed by atoms with Crippen LogP contribution in [0.1, 0.15) is 44.6 Å². The Kier molecular flexibility index (Phi) is 5.14. The molecular formula is C19H24ClNO3. The number of carbonyl (C=O) groups excluding carboxylic acids is 2. The number of ether oxygens (including phenoxy) is 1. The number of rotatable bonds is 4. The van der Waals surface area contributed by atoms with Crippen LogP contribution in [0.25, 0.3) is 0 Å². The first-order chi connectivity index (χ1) is 11.6. The number of benzene rings is 1. The number of hydrogen-bond donors (Lipinski definition) is 0. The fraction of sp³-hybridized carbons (Fsp3) is 0.579. The van der Waals surface area contributed by atoms with Crippen molar-refractivity contribution >= 4 is 23.5 Å². The first-order valence-corrected chi connectivity index (χ1v) is 9.16. The fourth-order valence-electron chi connectivity index (χ4n) is 3.82. The number of halogens is 1. The Balaban J connectivity index is 1.69. The van der Waals surface area contributed by atoms with E-state index in [4.69, 9.17) is 16.3 Å². The number of hydrogen-bond acceptors (Lipinski definition) is 3. The summed E-state index contributed by atoms with van der Waals surface area (Å²) in [4.78, 5) is 27.0. The Bertz CT molecular complexity index is 619. The quantitative estimate of drug-likeness (QED) is 0.781. The van der Waals surface area contributed by atoms with Crippen LogP contribution in [0.4, 0.5) is 0 Å². The first-order valence-electron chi connectivity index (χ1n) is 8.79. The monoisotopic (exact) mass is 349 g/mol. The Morgan fingerprint density at radius 3 is 2.54 bits per heavy atom. The maximum absolute atomic E-state index is 13.2.